The van der Waals surface area contributed by atoms with E-state index in [2.05, 4.69) is 0 Å². The molecule has 27 heavy (non-hydrogen) atoms. The number of hydrogen-bond acceptors (Lipinski definition) is 6. The van der Waals surface area contributed by atoms with E-state index in [9.17, 15) is 28.1 Å². The lowest BCUT2D eigenvalue weighted by molar-refractivity contribution is -0.386. The van der Waals surface area contributed by atoms with Gasteiger partial charge in [0, 0.05) is 19.0 Å². The highest BCUT2D eigenvalue weighted by atomic mass is 19.4. The Morgan fingerprint density at radius 3 is 2.48 bits per heavy atom. The van der Waals surface area contributed by atoms with Crippen molar-refractivity contribution in [1.82, 2.24) is 4.90 Å². The fraction of sp³-hybridized carbons (Fsp3) is 0.562. The van der Waals surface area contributed by atoms with Crippen molar-refractivity contribution in [3.63, 3.8) is 0 Å². The van der Waals surface area contributed by atoms with Crippen LogP contribution in [0.2, 0.25) is 0 Å². The number of carbonyl (C=O) groups is 1. The lowest BCUT2D eigenvalue weighted by atomic mass is 10.1. The SMILES string of the molecule is CC(C)(C)OC(=O)N1CC[C@@H](Oc2c(N)cc(C(F)(F)F)cc2[N+](=O)[O-])C1. The van der Waals surface area contributed by atoms with Crippen molar-refractivity contribution in [2.75, 3.05) is 18.8 Å². The molecule has 1 heterocycles. The van der Waals surface area contributed by atoms with Gasteiger partial charge in [0.25, 0.3) is 0 Å². The second-order valence-corrected chi connectivity index (χ2v) is 7.12. The molecule has 1 aliphatic rings. The summed E-state index contributed by atoms with van der Waals surface area (Å²) in [6, 6.07) is 0.967. The zero-order valence-electron chi connectivity index (χ0n) is 15.0. The summed E-state index contributed by atoms with van der Waals surface area (Å²) in [4.78, 5) is 23.6. The van der Waals surface area contributed by atoms with Crippen LogP contribution in [0.5, 0.6) is 5.75 Å². The smallest absolute Gasteiger partial charge is 0.416 e. The van der Waals surface area contributed by atoms with E-state index in [4.69, 9.17) is 15.2 Å². The number of likely N-dealkylation sites (tertiary alicyclic amines) is 1. The first-order chi connectivity index (χ1) is 12.3. The van der Waals surface area contributed by atoms with Gasteiger partial charge < -0.3 is 20.1 Å². The fourth-order valence-corrected chi connectivity index (χ4v) is 2.55. The van der Waals surface area contributed by atoms with E-state index < -0.39 is 51.6 Å². The number of halogens is 3. The molecule has 1 aliphatic heterocycles. The van der Waals surface area contributed by atoms with Crippen LogP contribution < -0.4 is 10.5 Å². The predicted octanol–water partition coefficient (Wildman–Crippen LogP) is 3.58. The number of benzene rings is 1. The molecule has 8 nitrogen and oxygen atoms in total. The molecule has 0 aromatic heterocycles. The number of nitrogens with two attached hydrogens (primary N) is 1. The highest BCUT2D eigenvalue weighted by Gasteiger charge is 2.37. The van der Waals surface area contributed by atoms with Gasteiger partial charge in [-0.3, -0.25) is 10.1 Å². The van der Waals surface area contributed by atoms with E-state index in [1.54, 1.807) is 20.8 Å². The van der Waals surface area contributed by atoms with Crippen LogP contribution in [-0.2, 0) is 10.9 Å². The van der Waals surface area contributed by atoms with Gasteiger partial charge in [0.05, 0.1) is 22.7 Å². The minimum atomic E-state index is -4.78. The number of nitrogen functional groups attached to an aromatic ring is 1. The van der Waals surface area contributed by atoms with Crippen LogP contribution in [0.4, 0.5) is 29.3 Å². The maximum Gasteiger partial charge on any atom is 0.416 e. The maximum atomic E-state index is 12.8. The summed E-state index contributed by atoms with van der Waals surface area (Å²) in [5.74, 6) is -0.441. The molecule has 0 radical (unpaired) electrons. The maximum absolute atomic E-state index is 12.8. The Hall–Kier alpha value is -2.72. The quantitative estimate of drug-likeness (QED) is 0.479. The number of amides is 1. The van der Waals surface area contributed by atoms with E-state index in [1.807, 2.05) is 0 Å². The van der Waals surface area contributed by atoms with Gasteiger partial charge >= 0.3 is 18.0 Å². The van der Waals surface area contributed by atoms with Gasteiger partial charge in [-0.25, -0.2) is 4.79 Å². The van der Waals surface area contributed by atoms with Crippen LogP contribution in [0, 0.1) is 10.1 Å². The topological polar surface area (TPSA) is 108 Å². The van der Waals surface area contributed by atoms with Crippen molar-refractivity contribution >= 4 is 17.5 Å². The second-order valence-electron chi connectivity index (χ2n) is 7.12. The Labute approximate surface area is 153 Å². The number of hydrogen-bond donors (Lipinski definition) is 1. The lowest BCUT2D eigenvalue weighted by Crippen LogP contribution is -2.36. The molecule has 2 N–H and O–H groups in total. The Balaban J connectivity index is 2.18. The monoisotopic (exact) mass is 391 g/mol. The van der Waals surface area contributed by atoms with Crippen LogP contribution in [0.15, 0.2) is 12.1 Å². The van der Waals surface area contributed by atoms with Crippen LogP contribution in [0.3, 0.4) is 0 Å². The fourth-order valence-electron chi connectivity index (χ4n) is 2.55. The van der Waals surface area contributed by atoms with E-state index in [-0.39, 0.29) is 13.1 Å². The summed E-state index contributed by atoms with van der Waals surface area (Å²) in [6.45, 7) is 5.49. The Morgan fingerprint density at radius 1 is 1.33 bits per heavy atom. The van der Waals surface area contributed by atoms with Crippen molar-refractivity contribution in [2.24, 2.45) is 0 Å². The summed E-state index contributed by atoms with van der Waals surface area (Å²) in [5.41, 5.74) is 2.28. The Bertz CT molecular complexity index is 746. The van der Waals surface area contributed by atoms with Gasteiger partial charge in [0.2, 0.25) is 5.75 Å². The van der Waals surface area contributed by atoms with E-state index in [0.717, 1.165) is 0 Å². The first-order valence-corrected chi connectivity index (χ1v) is 8.07. The third kappa shape index (κ3) is 5.14. The highest BCUT2D eigenvalue weighted by Crippen LogP contribution is 2.41. The van der Waals surface area contributed by atoms with Crippen LogP contribution in [0.25, 0.3) is 0 Å². The summed E-state index contributed by atoms with van der Waals surface area (Å²) in [5, 5.41) is 11.2. The Kier molecular flexibility index (Phi) is 5.43. The standard InChI is InChI=1S/C16H20F3N3O5/c1-15(2,3)27-14(23)21-5-4-10(8-21)26-13-11(20)6-9(16(17,18)19)7-12(13)22(24)25/h6-7,10H,4-5,8,20H2,1-3H3/t10-/m1/s1. The molecule has 1 amide bonds. The third-order valence-electron chi connectivity index (χ3n) is 3.70. The zero-order valence-corrected chi connectivity index (χ0v) is 15.0. The number of nitrogens with zero attached hydrogens (tertiary/aromatic N) is 2. The summed E-state index contributed by atoms with van der Waals surface area (Å²) < 4.78 is 49.3. The molecule has 0 saturated carbocycles. The van der Waals surface area contributed by atoms with Crippen molar-refractivity contribution in [2.45, 2.75) is 45.1 Å². The normalized spacial score (nSPS) is 17.7. The number of anilines is 1. The molecule has 0 spiro atoms. The molecule has 1 fully saturated rings. The van der Waals surface area contributed by atoms with Crippen molar-refractivity contribution < 1.29 is 32.4 Å². The minimum absolute atomic E-state index is 0.0759. The van der Waals surface area contributed by atoms with Crippen molar-refractivity contribution in [3.05, 3.63) is 27.8 Å². The molecule has 11 heteroatoms. The average molecular weight is 391 g/mol. The largest absolute Gasteiger partial charge is 0.480 e. The molecule has 1 aromatic rings. The highest BCUT2D eigenvalue weighted by molar-refractivity contribution is 5.69. The molecule has 1 saturated heterocycles. The van der Waals surface area contributed by atoms with Gasteiger partial charge in [-0.2, -0.15) is 13.2 Å². The molecule has 1 aromatic carbocycles. The summed E-state index contributed by atoms with van der Waals surface area (Å²) >= 11 is 0. The summed E-state index contributed by atoms with van der Waals surface area (Å²) in [7, 11) is 0. The van der Waals surface area contributed by atoms with Crippen LogP contribution in [0.1, 0.15) is 32.8 Å². The average Bonchev–Trinajstić information content (AvgIpc) is 2.94. The Morgan fingerprint density at radius 2 is 1.96 bits per heavy atom. The molecule has 1 atom stereocenters. The second kappa shape index (κ2) is 7.12. The molecule has 2 rings (SSSR count). The number of carbonyl (C=O) groups excluding carboxylic acids is 1. The molecule has 0 aliphatic carbocycles. The van der Waals surface area contributed by atoms with Crippen LogP contribution >= 0.6 is 0 Å². The third-order valence-corrected chi connectivity index (χ3v) is 3.70. The number of nitro benzene ring substituents is 1. The van der Waals surface area contributed by atoms with E-state index in [0.29, 0.717) is 18.6 Å². The van der Waals surface area contributed by atoms with E-state index in [1.165, 1.54) is 4.90 Å². The van der Waals surface area contributed by atoms with Crippen molar-refractivity contribution in [3.8, 4) is 5.75 Å². The predicted molar refractivity (Wildman–Crippen MR) is 89.4 cm³/mol. The van der Waals surface area contributed by atoms with Gasteiger partial charge in [0.15, 0.2) is 0 Å². The van der Waals surface area contributed by atoms with Gasteiger partial charge in [0.1, 0.15) is 11.7 Å². The first kappa shape index (κ1) is 20.6. The number of ether oxygens (including phenoxy) is 2. The molecule has 150 valence electrons. The number of rotatable bonds is 3. The van der Waals surface area contributed by atoms with Gasteiger partial charge in [-0.05, 0) is 26.8 Å². The molecular formula is C16H20F3N3O5. The number of alkyl halides is 3. The van der Waals surface area contributed by atoms with E-state index >= 15 is 0 Å². The van der Waals surface area contributed by atoms with Gasteiger partial charge in [-0.1, -0.05) is 0 Å². The minimum Gasteiger partial charge on any atom is -0.480 e. The molecule has 0 bridgehead atoms. The van der Waals surface area contributed by atoms with Crippen molar-refractivity contribution in [1.29, 1.82) is 0 Å². The first-order valence-electron chi connectivity index (χ1n) is 8.07. The molecule has 0 unspecified atom stereocenters. The zero-order chi connectivity index (χ0) is 20.6. The lowest BCUT2D eigenvalue weighted by Gasteiger charge is -2.24. The number of nitro groups is 1. The summed E-state index contributed by atoms with van der Waals surface area (Å²) in [6.07, 6.45) is -5.67. The molecular weight excluding hydrogens is 371 g/mol. The van der Waals surface area contributed by atoms with Gasteiger partial charge in [-0.15, -0.1) is 0 Å². The van der Waals surface area contributed by atoms with Crippen LogP contribution in [-0.4, -0.2) is 40.7 Å².